The van der Waals surface area contributed by atoms with E-state index in [9.17, 15) is 4.79 Å². The quantitative estimate of drug-likeness (QED) is 0.921. The smallest absolute Gasteiger partial charge is 0.319 e. The molecular formula is C16H22N4O. The standard InChI is InChI=1S/C16H22N4O/c1-19(2)16(21)20-8-6-15(7-9-20)18-12-14-5-3-4-13(10-14)11-17/h3-5,10,15,18H,6-9,12H2,1-2H3. The van der Waals surface area contributed by atoms with Crippen LogP contribution in [0.1, 0.15) is 24.0 Å². The zero-order valence-corrected chi connectivity index (χ0v) is 12.7. The fraction of sp³-hybridized carbons (Fsp3) is 0.500. The van der Waals surface area contributed by atoms with Gasteiger partial charge in [-0.2, -0.15) is 5.26 Å². The number of piperidine rings is 1. The van der Waals surface area contributed by atoms with Crippen molar-refractivity contribution in [3.8, 4) is 6.07 Å². The van der Waals surface area contributed by atoms with E-state index >= 15 is 0 Å². The molecule has 1 heterocycles. The molecule has 0 spiro atoms. The van der Waals surface area contributed by atoms with Crippen LogP contribution in [0.2, 0.25) is 0 Å². The Morgan fingerprint density at radius 2 is 2.14 bits per heavy atom. The number of nitrogens with zero attached hydrogens (tertiary/aromatic N) is 3. The minimum Gasteiger partial charge on any atom is -0.331 e. The molecule has 0 saturated carbocycles. The van der Waals surface area contributed by atoms with Gasteiger partial charge in [0, 0.05) is 39.8 Å². The predicted octanol–water partition coefficient (Wildman–Crippen LogP) is 1.79. The third-order valence-corrected chi connectivity index (χ3v) is 3.80. The highest BCUT2D eigenvalue weighted by Crippen LogP contribution is 2.13. The van der Waals surface area contributed by atoms with Gasteiger partial charge in [-0.1, -0.05) is 12.1 Å². The van der Waals surface area contributed by atoms with Crippen LogP contribution >= 0.6 is 0 Å². The molecule has 0 radical (unpaired) electrons. The van der Waals surface area contributed by atoms with Crippen LogP contribution < -0.4 is 5.32 Å². The lowest BCUT2D eigenvalue weighted by Crippen LogP contribution is -2.47. The first-order valence-corrected chi connectivity index (χ1v) is 7.29. The van der Waals surface area contributed by atoms with Crippen molar-refractivity contribution in [2.45, 2.75) is 25.4 Å². The number of urea groups is 1. The molecule has 5 nitrogen and oxygen atoms in total. The van der Waals surface area contributed by atoms with Gasteiger partial charge < -0.3 is 15.1 Å². The Morgan fingerprint density at radius 3 is 2.76 bits per heavy atom. The topological polar surface area (TPSA) is 59.4 Å². The van der Waals surface area contributed by atoms with E-state index in [-0.39, 0.29) is 6.03 Å². The number of nitrogens with one attached hydrogen (secondary N) is 1. The summed E-state index contributed by atoms with van der Waals surface area (Å²) in [5.74, 6) is 0. The van der Waals surface area contributed by atoms with Gasteiger partial charge >= 0.3 is 6.03 Å². The summed E-state index contributed by atoms with van der Waals surface area (Å²) in [7, 11) is 3.57. The summed E-state index contributed by atoms with van der Waals surface area (Å²) in [5, 5.41) is 12.4. The van der Waals surface area contributed by atoms with E-state index in [1.807, 2.05) is 29.2 Å². The fourth-order valence-corrected chi connectivity index (χ4v) is 2.57. The van der Waals surface area contributed by atoms with Crippen molar-refractivity contribution in [3.05, 3.63) is 35.4 Å². The molecule has 112 valence electrons. The van der Waals surface area contributed by atoms with Crippen molar-refractivity contribution < 1.29 is 4.79 Å². The van der Waals surface area contributed by atoms with Gasteiger partial charge in [-0.25, -0.2) is 4.79 Å². The number of hydrogen-bond acceptors (Lipinski definition) is 3. The van der Waals surface area contributed by atoms with Gasteiger partial charge in [-0.15, -0.1) is 0 Å². The summed E-state index contributed by atoms with van der Waals surface area (Å²) in [6, 6.07) is 10.3. The van der Waals surface area contributed by atoms with Gasteiger partial charge in [0.1, 0.15) is 0 Å². The average molecular weight is 286 g/mol. The maximum absolute atomic E-state index is 11.9. The zero-order chi connectivity index (χ0) is 15.2. The maximum Gasteiger partial charge on any atom is 0.319 e. The highest BCUT2D eigenvalue weighted by Gasteiger charge is 2.23. The molecule has 2 amide bonds. The number of nitriles is 1. The molecule has 0 bridgehead atoms. The molecule has 1 N–H and O–H groups in total. The van der Waals surface area contributed by atoms with Crippen LogP contribution in [-0.4, -0.2) is 49.1 Å². The van der Waals surface area contributed by atoms with Crippen molar-refractivity contribution in [1.82, 2.24) is 15.1 Å². The van der Waals surface area contributed by atoms with Gasteiger partial charge in [-0.05, 0) is 30.5 Å². The number of hydrogen-bond donors (Lipinski definition) is 1. The Balaban J connectivity index is 1.79. The van der Waals surface area contributed by atoms with E-state index in [4.69, 9.17) is 5.26 Å². The Kier molecular flexibility index (Phi) is 5.18. The Morgan fingerprint density at radius 1 is 1.43 bits per heavy atom. The predicted molar refractivity (Wildman–Crippen MR) is 81.7 cm³/mol. The van der Waals surface area contributed by atoms with Crippen LogP contribution in [0.4, 0.5) is 4.79 Å². The molecular weight excluding hydrogens is 264 g/mol. The van der Waals surface area contributed by atoms with Crippen molar-refractivity contribution in [2.75, 3.05) is 27.2 Å². The molecule has 0 atom stereocenters. The monoisotopic (exact) mass is 286 g/mol. The van der Waals surface area contributed by atoms with E-state index in [1.54, 1.807) is 19.0 Å². The summed E-state index contributed by atoms with van der Waals surface area (Å²) in [6.45, 7) is 2.36. The molecule has 0 unspecified atom stereocenters. The minimum atomic E-state index is 0.0928. The second-order valence-corrected chi connectivity index (χ2v) is 5.63. The largest absolute Gasteiger partial charge is 0.331 e. The van der Waals surface area contributed by atoms with E-state index in [2.05, 4.69) is 11.4 Å². The number of carbonyl (C=O) groups excluding carboxylic acids is 1. The maximum atomic E-state index is 11.9. The van der Waals surface area contributed by atoms with Crippen molar-refractivity contribution >= 4 is 6.03 Å². The van der Waals surface area contributed by atoms with Crippen molar-refractivity contribution in [3.63, 3.8) is 0 Å². The number of likely N-dealkylation sites (tertiary alicyclic amines) is 1. The van der Waals surface area contributed by atoms with Gasteiger partial charge in [0.2, 0.25) is 0 Å². The summed E-state index contributed by atoms with van der Waals surface area (Å²) in [6.07, 6.45) is 1.94. The van der Waals surface area contributed by atoms with Gasteiger partial charge in [0.05, 0.1) is 11.6 Å². The fourth-order valence-electron chi connectivity index (χ4n) is 2.57. The van der Waals surface area contributed by atoms with Crippen LogP contribution in [0.3, 0.4) is 0 Å². The molecule has 1 saturated heterocycles. The average Bonchev–Trinajstić information content (AvgIpc) is 2.53. The number of carbonyl (C=O) groups is 1. The molecule has 0 aromatic heterocycles. The van der Waals surface area contributed by atoms with E-state index < -0.39 is 0 Å². The summed E-state index contributed by atoms with van der Waals surface area (Å²) < 4.78 is 0. The lowest BCUT2D eigenvalue weighted by atomic mass is 10.0. The summed E-state index contributed by atoms with van der Waals surface area (Å²) in [5.41, 5.74) is 1.82. The van der Waals surface area contributed by atoms with Crippen LogP contribution in [-0.2, 0) is 6.54 Å². The van der Waals surface area contributed by atoms with E-state index in [1.165, 1.54) is 0 Å². The molecule has 1 fully saturated rings. The minimum absolute atomic E-state index is 0.0928. The molecule has 5 heteroatoms. The molecule has 1 aliphatic heterocycles. The first kappa shape index (κ1) is 15.3. The Hall–Kier alpha value is -2.06. The molecule has 0 aliphatic carbocycles. The molecule has 1 aliphatic rings. The Bertz CT molecular complexity index is 527. The van der Waals surface area contributed by atoms with Crippen molar-refractivity contribution in [1.29, 1.82) is 5.26 Å². The van der Waals surface area contributed by atoms with Crippen molar-refractivity contribution in [2.24, 2.45) is 0 Å². The molecule has 1 aromatic carbocycles. The van der Waals surface area contributed by atoms with Crippen LogP contribution in [0.5, 0.6) is 0 Å². The van der Waals surface area contributed by atoms with Crippen LogP contribution in [0, 0.1) is 11.3 Å². The summed E-state index contributed by atoms with van der Waals surface area (Å²) in [4.78, 5) is 15.4. The SMILES string of the molecule is CN(C)C(=O)N1CCC(NCc2cccc(C#N)c2)CC1. The molecule has 2 rings (SSSR count). The number of rotatable bonds is 3. The first-order chi connectivity index (χ1) is 10.1. The van der Waals surface area contributed by atoms with E-state index in [0.717, 1.165) is 38.0 Å². The highest BCUT2D eigenvalue weighted by molar-refractivity contribution is 5.73. The third-order valence-electron chi connectivity index (χ3n) is 3.80. The molecule has 21 heavy (non-hydrogen) atoms. The number of amides is 2. The zero-order valence-electron chi connectivity index (χ0n) is 12.7. The summed E-state index contributed by atoms with van der Waals surface area (Å²) >= 11 is 0. The second kappa shape index (κ2) is 7.09. The lowest BCUT2D eigenvalue weighted by molar-refractivity contribution is 0.152. The van der Waals surface area contributed by atoms with Gasteiger partial charge in [-0.3, -0.25) is 0 Å². The van der Waals surface area contributed by atoms with Crippen LogP contribution in [0.15, 0.2) is 24.3 Å². The number of benzene rings is 1. The third kappa shape index (κ3) is 4.20. The highest BCUT2D eigenvalue weighted by atomic mass is 16.2. The molecule has 1 aromatic rings. The van der Waals surface area contributed by atoms with E-state index in [0.29, 0.717) is 11.6 Å². The second-order valence-electron chi connectivity index (χ2n) is 5.63. The lowest BCUT2D eigenvalue weighted by Gasteiger charge is -2.34. The Labute approximate surface area is 126 Å². The van der Waals surface area contributed by atoms with Gasteiger partial charge in [0.15, 0.2) is 0 Å². The normalized spacial score (nSPS) is 15.6. The first-order valence-electron chi connectivity index (χ1n) is 7.29. The van der Waals surface area contributed by atoms with Gasteiger partial charge in [0.25, 0.3) is 0 Å². The van der Waals surface area contributed by atoms with Crippen LogP contribution in [0.25, 0.3) is 0 Å².